The van der Waals surface area contributed by atoms with Gasteiger partial charge in [-0.25, -0.2) is 0 Å². The number of aryl methyl sites for hydroxylation is 1. The maximum Gasteiger partial charge on any atom is 0.257 e. The van der Waals surface area contributed by atoms with Crippen LogP contribution in [0.15, 0.2) is 16.7 Å². The van der Waals surface area contributed by atoms with Gasteiger partial charge in [-0.1, -0.05) is 0 Å². The summed E-state index contributed by atoms with van der Waals surface area (Å²) in [5.74, 6) is -0.407. The zero-order valence-corrected chi connectivity index (χ0v) is 10.2. The number of carbonyl (C=O) groups excluding carboxylic acids is 2. The standard InChI is InChI=1S/C12H16N2O4/c1-8-5-9(6-18-8)10(15)14-4-2-3-12(17,7-14)11(13)16/h5-6,17H,2-4,7H2,1H3,(H2,13,16)/t12-/m1/s1. The van der Waals surface area contributed by atoms with Crippen molar-refractivity contribution < 1.29 is 19.1 Å². The Morgan fingerprint density at radius 3 is 2.83 bits per heavy atom. The Balaban J connectivity index is 2.14. The monoisotopic (exact) mass is 252 g/mol. The van der Waals surface area contributed by atoms with Gasteiger partial charge in [0.25, 0.3) is 11.8 Å². The molecule has 2 heterocycles. The number of piperidine rings is 1. The van der Waals surface area contributed by atoms with E-state index in [4.69, 9.17) is 10.2 Å². The molecule has 1 aromatic heterocycles. The predicted octanol–water partition coefficient (Wildman–Crippen LogP) is 0.0404. The molecule has 0 unspecified atom stereocenters. The summed E-state index contributed by atoms with van der Waals surface area (Å²) in [5.41, 5.74) is 3.96. The molecule has 0 aromatic carbocycles. The van der Waals surface area contributed by atoms with E-state index in [2.05, 4.69) is 0 Å². The third-order valence-corrected chi connectivity index (χ3v) is 3.19. The molecule has 0 spiro atoms. The number of amides is 2. The van der Waals surface area contributed by atoms with Gasteiger partial charge in [-0.15, -0.1) is 0 Å². The second-order valence-electron chi connectivity index (χ2n) is 4.67. The Morgan fingerprint density at radius 2 is 2.28 bits per heavy atom. The first-order valence-electron chi connectivity index (χ1n) is 5.79. The smallest absolute Gasteiger partial charge is 0.257 e. The van der Waals surface area contributed by atoms with E-state index in [0.717, 1.165) is 0 Å². The van der Waals surface area contributed by atoms with Crippen molar-refractivity contribution in [1.82, 2.24) is 4.90 Å². The van der Waals surface area contributed by atoms with Gasteiger partial charge in [0.1, 0.15) is 12.0 Å². The first-order valence-corrected chi connectivity index (χ1v) is 5.79. The summed E-state index contributed by atoms with van der Waals surface area (Å²) in [6.07, 6.45) is 2.20. The molecule has 0 aliphatic carbocycles. The molecule has 1 fully saturated rings. The molecule has 6 nitrogen and oxygen atoms in total. The van der Waals surface area contributed by atoms with E-state index >= 15 is 0 Å². The van der Waals surface area contributed by atoms with Crippen molar-refractivity contribution in [3.05, 3.63) is 23.7 Å². The number of hydrogen-bond donors (Lipinski definition) is 2. The molecule has 0 radical (unpaired) electrons. The summed E-state index contributed by atoms with van der Waals surface area (Å²) in [5, 5.41) is 10.0. The lowest BCUT2D eigenvalue weighted by atomic mass is 9.92. The molecule has 1 atom stereocenters. The Hall–Kier alpha value is -1.82. The molecule has 0 bridgehead atoms. The van der Waals surface area contributed by atoms with Crippen molar-refractivity contribution in [3.63, 3.8) is 0 Å². The molecule has 3 N–H and O–H groups in total. The third-order valence-electron chi connectivity index (χ3n) is 3.19. The summed E-state index contributed by atoms with van der Waals surface area (Å²) in [6.45, 7) is 2.18. The highest BCUT2D eigenvalue weighted by atomic mass is 16.3. The van der Waals surface area contributed by atoms with E-state index in [0.29, 0.717) is 24.3 Å². The summed E-state index contributed by atoms with van der Waals surface area (Å²) in [6, 6.07) is 1.63. The van der Waals surface area contributed by atoms with Crippen LogP contribution in [0.5, 0.6) is 0 Å². The van der Waals surface area contributed by atoms with Crippen LogP contribution in [0.1, 0.15) is 29.0 Å². The van der Waals surface area contributed by atoms with Crippen molar-refractivity contribution in [2.24, 2.45) is 5.73 Å². The van der Waals surface area contributed by atoms with E-state index in [1.165, 1.54) is 11.2 Å². The molecule has 6 heteroatoms. The summed E-state index contributed by atoms with van der Waals surface area (Å²) in [4.78, 5) is 24.8. The largest absolute Gasteiger partial charge is 0.469 e. The highest BCUT2D eigenvalue weighted by Crippen LogP contribution is 2.22. The predicted molar refractivity (Wildman–Crippen MR) is 62.7 cm³/mol. The van der Waals surface area contributed by atoms with Gasteiger partial charge in [-0.2, -0.15) is 0 Å². The Bertz CT molecular complexity index is 482. The number of rotatable bonds is 2. The highest BCUT2D eigenvalue weighted by Gasteiger charge is 2.40. The van der Waals surface area contributed by atoms with Gasteiger partial charge in [0.2, 0.25) is 0 Å². The molecular weight excluding hydrogens is 236 g/mol. The van der Waals surface area contributed by atoms with Crippen LogP contribution >= 0.6 is 0 Å². The quantitative estimate of drug-likeness (QED) is 0.776. The van der Waals surface area contributed by atoms with E-state index in [9.17, 15) is 14.7 Å². The van der Waals surface area contributed by atoms with E-state index in [1.807, 2.05) is 0 Å². The van der Waals surface area contributed by atoms with Crippen LogP contribution < -0.4 is 5.73 Å². The summed E-state index contributed by atoms with van der Waals surface area (Å²) >= 11 is 0. The van der Waals surface area contributed by atoms with Crippen LogP contribution in [-0.4, -0.2) is 40.5 Å². The maximum atomic E-state index is 12.1. The number of primary amides is 1. The van der Waals surface area contributed by atoms with Crippen LogP contribution in [0.2, 0.25) is 0 Å². The van der Waals surface area contributed by atoms with Crippen LogP contribution in [0.4, 0.5) is 0 Å². The highest BCUT2D eigenvalue weighted by molar-refractivity contribution is 5.95. The lowest BCUT2D eigenvalue weighted by molar-refractivity contribution is -0.140. The summed E-state index contributed by atoms with van der Waals surface area (Å²) < 4.78 is 5.07. The van der Waals surface area contributed by atoms with Gasteiger partial charge in [-0.3, -0.25) is 9.59 Å². The van der Waals surface area contributed by atoms with Crippen molar-refractivity contribution in [2.75, 3.05) is 13.1 Å². The molecule has 2 rings (SSSR count). The normalized spacial score (nSPS) is 24.0. The van der Waals surface area contributed by atoms with Crippen LogP contribution in [-0.2, 0) is 4.79 Å². The Morgan fingerprint density at radius 1 is 1.56 bits per heavy atom. The summed E-state index contributed by atoms with van der Waals surface area (Å²) in [7, 11) is 0. The van der Waals surface area contributed by atoms with E-state index in [-0.39, 0.29) is 18.9 Å². The number of furan rings is 1. The zero-order chi connectivity index (χ0) is 13.3. The molecule has 2 amide bonds. The first kappa shape index (κ1) is 12.6. The molecule has 1 aliphatic rings. The van der Waals surface area contributed by atoms with Crippen molar-refractivity contribution in [2.45, 2.75) is 25.4 Å². The molecule has 18 heavy (non-hydrogen) atoms. The van der Waals surface area contributed by atoms with Crippen LogP contribution in [0.3, 0.4) is 0 Å². The second-order valence-corrected chi connectivity index (χ2v) is 4.67. The Labute approximate surface area is 104 Å². The van der Waals surface area contributed by atoms with Crippen molar-refractivity contribution in [1.29, 1.82) is 0 Å². The SMILES string of the molecule is Cc1cc(C(=O)N2CCC[C@](O)(C(N)=O)C2)co1. The maximum absolute atomic E-state index is 12.1. The minimum Gasteiger partial charge on any atom is -0.469 e. The number of nitrogens with two attached hydrogens (primary N) is 1. The number of β-amino-alcohol motifs (C(OH)–C–C–N with tert-alkyl or cyclic N) is 1. The number of aliphatic hydroxyl groups is 1. The fourth-order valence-corrected chi connectivity index (χ4v) is 2.15. The van der Waals surface area contributed by atoms with Gasteiger partial charge < -0.3 is 20.2 Å². The molecule has 0 saturated carbocycles. The van der Waals surface area contributed by atoms with Crippen LogP contribution in [0.25, 0.3) is 0 Å². The molecule has 1 saturated heterocycles. The molecule has 1 aromatic rings. The number of likely N-dealkylation sites (tertiary alicyclic amines) is 1. The minimum absolute atomic E-state index is 0.0641. The fourth-order valence-electron chi connectivity index (χ4n) is 2.15. The molecule has 1 aliphatic heterocycles. The average molecular weight is 252 g/mol. The van der Waals surface area contributed by atoms with Crippen LogP contribution in [0, 0.1) is 6.92 Å². The topological polar surface area (TPSA) is 96.8 Å². The molecular formula is C12H16N2O4. The first-order chi connectivity index (χ1) is 8.42. The lowest BCUT2D eigenvalue weighted by Gasteiger charge is -2.36. The third kappa shape index (κ3) is 2.24. The number of hydrogen-bond acceptors (Lipinski definition) is 4. The minimum atomic E-state index is -1.62. The van der Waals surface area contributed by atoms with Gasteiger partial charge >= 0.3 is 0 Å². The average Bonchev–Trinajstić information content (AvgIpc) is 2.75. The lowest BCUT2D eigenvalue weighted by Crippen LogP contribution is -2.57. The fraction of sp³-hybridized carbons (Fsp3) is 0.500. The zero-order valence-electron chi connectivity index (χ0n) is 10.2. The Kier molecular flexibility index (Phi) is 3.13. The van der Waals surface area contributed by atoms with Gasteiger partial charge in [0, 0.05) is 6.54 Å². The van der Waals surface area contributed by atoms with Crippen molar-refractivity contribution >= 4 is 11.8 Å². The van der Waals surface area contributed by atoms with Gasteiger partial charge in [0.15, 0.2) is 5.60 Å². The van der Waals surface area contributed by atoms with E-state index < -0.39 is 11.5 Å². The van der Waals surface area contributed by atoms with Gasteiger partial charge in [0.05, 0.1) is 12.1 Å². The number of nitrogens with zero attached hydrogens (tertiary/aromatic N) is 1. The molecule has 98 valence electrons. The van der Waals surface area contributed by atoms with Crippen molar-refractivity contribution in [3.8, 4) is 0 Å². The van der Waals surface area contributed by atoms with E-state index in [1.54, 1.807) is 13.0 Å². The van der Waals surface area contributed by atoms with Gasteiger partial charge in [-0.05, 0) is 25.8 Å². The number of carbonyl (C=O) groups is 2. The second kappa shape index (κ2) is 4.45.